The van der Waals surface area contributed by atoms with Crippen LogP contribution in [0.15, 0.2) is 23.1 Å². The predicted octanol–water partition coefficient (Wildman–Crippen LogP) is 0.483. The van der Waals surface area contributed by atoms with Crippen molar-refractivity contribution in [1.29, 1.82) is 0 Å². The van der Waals surface area contributed by atoms with E-state index in [1.54, 1.807) is 26.1 Å². The Labute approximate surface area is 119 Å². The van der Waals surface area contributed by atoms with Crippen molar-refractivity contribution in [3.05, 3.63) is 23.8 Å². The molecule has 3 N–H and O–H groups in total. The number of benzene rings is 1. The number of carbonyl (C=O) groups excluding carboxylic acids is 1. The monoisotopic (exact) mass is 307 g/mol. The number of hydrogen-bond acceptors (Lipinski definition) is 4. The molecule has 1 aromatic carbocycles. The average Bonchev–Trinajstić information content (AvgIpc) is 2.31. The van der Waals surface area contributed by atoms with Crippen molar-refractivity contribution < 1.29 is 13.2 Å². The van der Waals surface area contributed by atoms with Gasteiger partial charge in [-0.2, -0.15) is 0 Å². The Kier molecular flexibility index (Phi) is 6.99. The van der Waals surface area contributed by atoms with Gasteiger partial charge in [0.1, 0.15) is 0 Å². The van der Waals surface area contributed by atoms with E-state index in [0.717, 1.165) is 0 Å². The third kappa shape index (κ3) is 4.79. The quantitative estimate of drug-likeness (QED) is 0.738. The molecule has 19 heavy (non-hydrogen) atoms. The van der Waals surface area contributed by atoms with Crippen molar-refractivity contribution in [1.82, 2.24) is 10.0 Å². The number of rotatable bonds is 5. The molecule has 1 rings (SSSR count). The first-order valence-corrected chi connectivity index (χ1v) is 6.87. The molecule has 1 aromatic rings. The molecular formula is C11H18ClN3O3S. The maximum absolute atomic E-state index is 11.7. The zero-order valence-corrected chi connectivity index (χ0v) is 12.6. The number of carbonyl (C=O) groups is 1. The molecule has 8 heteroatoms. The second kappa shape index (κ2) is 7.44. The van der Waals surface area contributed by atoms with Crippen molar-refractivity contribution in [2.75, 3.05) is 26.0 Å². The van der Waals surface area contributed by atoms with Crippen molar-refractivity contribution in [2.45, 2.75) is 11.8 Å². The number of amides is 1. The fraction of sp³-hybridized carbons (Fsp3) is 0.364. The van der Waals surface area contributed by atoms with Crippen LogP contribution in [0.4, 0.5) is 5.69 Å². The number of anilines is 1. The van der Waals surface area contributed by atoms with Gasteiger partial charge in [0.2, 0.25) is 15.9 Å². The largest absolute Gasteiger partial charge is 0.325 e. The molecule has 0 aliphatic rings. The van der Waals surface area contributed by atoms with Crippen molar-refractivity contribution in [3.8, 4) is 0 Å². The first kappa shape index (κ1) is 17.8. The van der Waals surface area contributed by atoms with Gasteiger partial charge < -0.3 is 10.6 Å². The number of nitrogens with one attached hydrogen (secondary N) is 3. The Bertz CT molecular complexity index is 546. The molecule has 1 amide bonds. The van der Waals surface area contributed by atoms with Gasteiger partial charge in [0.25, 0.3) is 0 Å². The minimum absolute atomic E-state index is 0. The number of hydrogen-bond donors (Lipinski definition) is 3. The van der Waals surface area contributed by atoms with Crippen LogP contribution in [0.25, 0.3) is 0 Å². The number of halogens is 1. The zero-order chi connectivity index (χ0) is 13.8. The lowest BCUT2D eigenvalue weighted by atomic mass is 10.2. The smallest absolute Gasteiger partial charge is 0.240 e. The van der Waals surface area contributed by atoms with E-state index in [2.05, 4.69) is 15.4 Å². The molecule has 0 aromatic heterocycles. The summed E-state index contributed by atoms with van der Waals surface area (Å²) in [4.78, 5) is 11.5. The van der Waals surface area contributed by atoms with E-state index in [4.69, 9.17) is 0 Å². The van der Waals surface area contributed by atoms with Gasteiger partial charge in [0.05, 0.1) is 11.4 Å². The SMILES string of the molecule is CNCC(=O)Nc1ccc(C)c(S(=O)(=O)NC)c1.Cl. The first-order chi connectivity index (χ1) is 8.40. The lowest BCUT2D eigenvalue weighted by Crippen LogP contribution is -2.25. The summed E-state index contributed by atoms with van der Waals surface area (Å²) in [7, 11) is -0.510. The highest BCUT2D eigenvalue weighted by molar-refractivity contribution is 7.89. The molecule has 0 fully saturated rings. The molecule has 6 nitrogen and oxygen atoms in total. The summed E-state index contributed by atoms with van der Waals surface area (Å²) in [5, 5.41) is 5.33. The Balaban J connectivity index is 0.00000324. The van der Waals surface area contributed by atoms with Gasteiger partial charge in [-0.05, 0) is 38.7 Å². The van der Waals surface area contributed by atoms with Gasteiger partial charge >= 0.3 is 0 Å². The summed E-state index contributed by atoms with van der Waals surface area (Å²) in [6.07, 6.45) is 0. The summed E-state index contributed by atoms with van der Waals surface area (Å²) in [6.45, 7) is 1.87. The van der Waals surface area contributed by atoms with Crippen LogP contribution in [0.1, 0.15) is 5.56 Å². The second-order valence-electron chi connectivity index (χ2n) is 3.77. The van der Waals surface area contributed by atoms with Crippen LogP contribution < -0.4 is 15.4 Å². The summed E-state index contributed by atoms with van der Waals surface area (Å²) >= 11 is 0. The van der Waals surface area contributed by atoms with E-state index in [0.29, 0.717) is 11.3 Å². The van der Waals surface area contributed by atoms with Crippen LogP contribution in [0.2, 0.25) is 0 Å². The van der Waals surface area contributed by atoms with Gasteiger partial charge in [-0.25, -0.2) is 13.1 Å². The Morgan fingerprint density at radius 2 is 1.89 bits per heavy atom. The van der Waals surface area contributed by atoms with E-state index in [9.17, 15) is 13.2 Å². The van der Waals surface area contributed by atoms with Crippen LogP contribution in [0.5, 0.6) is 0 Å². The summed E-state index contributed by atoms with van der Waals surface area (Å²) < 4.78 is 25.7. The third-order valence-electron chi connectivity index (χ3n) is 2.37. The van der Waals surface area contributed by atoms with E-state index in [1.807, 2.05) is 0 Å². The van der Waals surface area contributed by atoms with Crippen LogP contribution in [0, 0.1) is 6.92 Å². The molecule has 0 aliphatic carbocycles. The number of likely N-dealkylation sites (N-methyl/N-ethyl adjacent to an activating group) is 1. The predicted molar refractivity (Wildman–Crippen MR) is 77.2 cm³/mol. The van der Waals surface area contributed by atoms with Gasteiger partial charge in [0, 0.05) is 5.69 Å². The normalized spacial score (nSPS) is 10.7. The number of sulfonamides is 1. The van der Waals surface area contributed by atoms with Gasteiger partial charge in [-0.1, -0.05) is 6.07 Å². The average molecular weight is 308 g/mol. The molecular weight excluding hydrogens is 290 g/mol. The number of aryl methyl sites for hydroxylation is 1. The second-order valence-corrected chi connectivity index (χ2v) is 5.62. The highest BCUT2D eigenvalue weighted by Crippen LogP contribution is 2.19. The van der Waals surface area contributed by atoms with E-state index in [1.165, 1.54) is 13.1 Å². The Morgan fingerprint density at radius 1 is 1.26 bits per heavy atom. The highest BCUT2D eigenvalue weighted by atomic mass is 35.5. The topological polar surface area (TPSA) is 87.3 Å². The highest BCUT2D eigenvalue weighted by Gasteiger charge is 2.15. The Morgan fingerprint density at radius 3 is 2.42 bits per heavy atom. The maximum Gasteiger partial charge on any atom is 0.240 e. The van der Waals surface area contributed by atoms with Gasteiger partial charge in [-0.15, -0.1) is 12.4 Å². The fourth-order valence-corrected chi connectivity index (χ4v) is 2.44. The molecule has 0 saturated heterocycles. The molecule has 0 saturated carbocycles. The van der Waals surface area contributed by atoms with E-state index in [-0.39, 0.29) is 29.8 Å². The summed E-state index contributed by atoms with van der Waals surface area (Å²) in [5.74, 6) is -0.228. The molecule has 0 aliphatic heterocycles. The summed E-state index contributed by atoms with van der Waals surface area (Å²) in [5.41, 5.74) is 1.07. The maximum atomic E-state index is 11.7. The zero-order valence-electron chi connectivity index (χ0n) is 11.0. The molecule has 0 bridgehead atoms. The van der Waals surface area contributed by atoms with Crippen LogP contribution in [-0.4, -0.2) is 35.0 Å². The van der Waals surface area contributed by atoms with Gasteiger partial charge in [-0.3, -0.25) is 4.79 Å². The first-order valence-electron chi connectivity index (χ1n) is 5.39. The lowest BCUT2D eigenvalue weighted by Gasteiger charge is -2.10. The fourth-order valence-electron chi connectivity index (χ4n) is 1.44. The molecule has 108 valence electrons. The lowest BCUT2D eigenvalue weighted by molar-refractivity contribution is -0.115. The third-order valence-corrected chi connectivity index (χ3v) is 3.92. The molecule has 0 atom stereocenters. The van der Waals surface area contributed by atoms with Crippen molar-refractivity contribution in [3.63, 3.8) is 0 Å². The molecule has 0 radical (unpaired) electrons. The van der Waals surface area contributed by atoms with E-state index < -0.39 is 10.0 Å². The van der Waals surface area contributed by atoms with Gasteiger partial charge in [0.15, 0.2) is 0 Å². The van der Waals surface area contributed by atoms with Crippen LogP contribution >= 0.6 is 12.4 Å². The van der Waals surface area contributed by atoms with E-state index >= 15 is 0 Å². The van der Waals surface area contributed by atoms with Crippen molar-refractivity contribution >= 4 is 34.0 Å². The minimum Gasteiger partial charge on any atom is -0.325 e. The van der Waals surface area contributed by atoms with Crippen LogP contribution in [-0.2, 0) is 14.8 Å². The summed E-state index contributed by atoms with van der Waals surface area (Å²) in [6, 6.07) is 4.76. The minimum atomic E-state index is -3.52. The van der Waals surface area contributed by atoms with Crippen molar-refractivity contribution in [2.24, 2.45) is 0 Å². The van der Waals surface area contributed by atoms with Crippen LogP contribution in [0.3, 0.4) is 0 Å². The molecule has 0 heterocycles. The Hall–Kier alpha value is -1.15. The molecule has 0 unspecified atom stereocenters. The molecule has 0 spiro atoms. The standard InChI is InChI=1S/C11H17N3O3S.ClH/c1-8-4-5-9(14-11(15)7-12-2)6-10(8)18(16,17)13-3;/h4-6,12-13H,7H2,1-3H3,(H,14,15);1H.